The van der Waals surface area contributed by atoms with Crippen LogP contribution in [-0.2, 0) is 4.74 Å². The molecule has 0 aromatic carbocycles. The van der Waals surface area contributed by atoms with E-state index < -0.39 is 11.7 Å². The smallest absolute Gasteiger partial charge is 0.410 e. The number of carbonyl (C=O) groups is 1. The lowest BCUT2D eigenvalue weighted by Crippen LogP contribution is -2.40. The normalized spacial score (nSPS) is 30.6. The highest BCUT2D eigenvalue weighted by molar-refractivity contribution is 6.18. The summed E-state index contributed by atoms with van der Waals surface area (Å²) in [7, 11) is 0. The van der Waals surface area contributed by atoms with Gasteiger partial charge in [0.2, 0.25) is 0 Å². The highest BCUT2D eigenvalue weighted by Crippen LogP contribution is 2.27. The van der Waals surface area contributed by atoms with E-state index in [1.54, 1.807) is 4.90 Å². The van der Waals surface area contributed by atoms with E-state index in [1.165, 1.54) is 0 Å². The molecule has 1 N–H and O–H groups in total. The maximum atomic E-state index is 11.8. The van der Waals surface area contributed by atoms with Crippen molar-refractivity contribution in [2.75, 3.05) is 12.4 Å². The van der Waals surface area contributed by atoms with Crippen LogP contribution in [0.5, 0.6) is 0 Å². The summed E-state index contributed by atoms with van der Waals surface area (Å²) in [6, 6.07) is -0.0812. The zero-order valence-electron chi connectivity index (χ0n) is 10.2. The fourth-order valence-electron chi connectivity index (χ4n) is 1.85. The molecule has 1 fully saturated rings. The van der Waals surface area contributed by atoms with Crippen molar-refractivity contribution in [3.8, 4) is 0 Å². The highest BCUT2D eigenvalue weighted by atomic mass is 35.5. The number of likely N-dealkylation sites (tertiary alicyclic amines) is 1. The lowest BCUT2D eigenvalue weighted by Gasteiger charge is -2.27. The van der Waals surface area contributed by atoms with Gasteiger partial charge < -0.3 is 14.7 Å². The van der Waals surface area contributed by atoms with Crippen molar-refractivity contribution in [1.82, 2.24) is 4.90 Å². The minimum atomic E-state index is -0.556. The SMILES string of the molecule is CC1C(CCl)C(O)CN1C(=O)OC(C)(C)C. The number of amides is 1. The van der Waals surface area contributed by atoms with E-state index >= 15 is 0 Å². The maximum absolute atomic E-state index is 11.8. The van der Waals surface area contributed by atoms with Gasteiger partial charge >= 0.3 is 6.09 Å². The average molecular weight is 250 g/mol. The Morgan fingerprint density at radius 3 is 2.50 bits per heavy atom. The fourth-order valence-corrected chi connectivity index (χ4v) is 2.31. The molecular weight excluding hydrogens is 230 g/mol. The van der Waals surface area contributed by atoms with Crippen LogP contribution in [0.2, 0.25) is 0 Å². The van der Waals surface area contributed by atoms with Gasteiger partial charge in [-0.3, -0.25) is 0 Å². The number of hydrogen-bond donors (Lipinski definition) is 1. The standard InChI is InChI=1S/C11H20ClNO3/c1-7-8(5-12)9(14)6-13(7)10(15)16-11(2,3)4/h7-9,14H,5-6H2,1-4H3. The first kappa shape index (κ1) is 13.6. The van der Waals surface area contributed by atoms with Crippen molar-refractivity contribution in [1.29, 1.82) is 0 Å². The molecule has 1 rings (SSSR count). The van der Waals surface area contributed by atoms with Crippen LogP contribution in [0.25, 0.3) is 0 Å². The first-order valence-electron chi connectivity index (χ1n) is 5.50. The van der Waals surface area contributed by atoms with E-state index in [0.29, 0.717) is 12.4 Å². The van der Waals surface area contributed by atoms with Crippen LogP contribution < -0.4 is 0 Å². The third-order valence-corrected chi connectivity index (χ3v) is 3.15. The molecule has 1 heterocycles. The molecule has 0 aromatic heterocycles. The molecule has 94 valence electrons. The van der Waals surface area contributed by atoms with E-state index in [2.05, 4.69) is 0 Å². The van der Waals surface area contributed by atoms with Crippen molar-refractivity contribution in [3.63, 3.8) is 0 Å². The van der Waals surface area contributed by atoms with Gasteiger partial charge in [0.1, 0.15) is 5.60 Å². The number of nitrogens with zero attached hydrogens (tertiary/aromatic N) is 1. The Hall–Kier alpha value is -0.480. The number of aliphatic hydroxyl groups is 1. The van der Waals surface area contributed by atoms with Crippen LogP contribution in [0.15, 0.2) is 0 Å². The Morgan fingerprint density at radius 1 is 1.56 bits per heavy atom. The molecule has 0 saturated carbocycles. The third-order valence-electron chi connectivity index (χ3n) is 2.80. The van der Waals surface area contributed by atoms with Gasteiger partial charge in [0.05, 0.1) is 12.6 Å². The lowest BCUT2D eigenvalue weighted by atomic mass is 10.0. The van der Waals surface area contributed by atoms with Crippen molar-refractivity contribution < 1.29 is 14.6 Å². The number of hydrogen-bond acceptors (Lipinski definition) is 3. The van der Waals surface area contributed by atoms with E-state index in [9.17, 15) is 9.90 Å². The number of rotatable bonds is 1. The summed E-state index contributed by atoms with van der Waals surface area (Å²) in [6.07, 6.45) is -0.938. The topological polar surface area (TPSA) is 49.8 Å². The zero-order valence-corrected chi connectivity index (χ0v) is 11.0. The summed E-state index contributed by atoms with van der Waals surface area (Å²) >= 11 is 5.76. The second-order valence-electron chi connectivity index (χ2n) is 5.26. The number of ether oxygens (including phenoxy) is 1. The summed E-state index contributed by atoms with van der Waals surface area (Å²) in [5, 5.41) is 9.74. The van der Waals surface area contributed by atoms with Gasteiger partial charge in [-0.1, -0.05) is 0 Å². The van der Waals surface area contributed by atoms with Crippen LogP contribution in [0, 0.1) is 5.92 Å². The number of aliphatic hydroxyl groups excluding tert-OH is 1. The van der Waals surface area contributed by atoms with Crippen molar-refractivity contribution >= 4 is 17.7 Å². The number of halogens is 1. The molecule has 4 nitrogen and oxygen atoms in total. The van der Waals surface area contributed by atoms with Crippen LogP contribution in [0.1, 0.15) is 27.7 Å². The molecule has 0 aliphatic carbocycles. The minimum absolute atomic E-state index is 0.0748. The maximum Gasteiger partial charge on any atom is 0.410 e. The predicted octanol–water partition coefficient (Wildman–Crippen LogP) is 1.84. The summed E-state index contributed by atoms with van der Waals surface area (Å²) in [4.78, 5) is 13.4. The quantitative estimate of drug-likeness (QED) is 0.722. The molecule has 1 aliphatic heterocycles. The van der Waals surface area contributed by atoms with Gasteiger partial charge in [-0.05, 0) is 27.7 Å². The van der Waals surface area contributed by atoms with E-state index in [1.807, 2.05) is 27.7 Å². The molecule has 16 heavy (non-hydrogen) atoms. The number of alkyl halides is 1. The Morgan fingerprint density at radius 2 is 2.12 bits per heavy atom. The molecular formula is C11H20ClNO3. The van der Waals surface area contributed by atoms with Gasteiger partial charge in [0, 0.05) is 17.8 Å². The van der Waals surface area contributed by atoms with Gasteiger partial charge in [0.15, 0.2) is 0 Å². The Kier molecular flexibility index (Phi) is 4.07. The summed E-state index contributed by atoms with van der Waals surface area (Å²) < 4.78 is 5.27. The molecule has 0 radical (unpaired) electrons. The average Bonchev–Trinajstić information content (AvgIpc) is 2.38. The predicted molar refractivity (Wildman–Crippen MR) is 62.6 cm³/mol. The number of β-amino-alcohol motifs (C(OH)–C–C–N with tert-alkyl or cyclic N) is 1. The summed E-state index contributed by atoms with van der Waals surface area (Å²) in [6.45, 7) is 7.64. The van der Waals surface area contributed by atoms with Crippen molar-refractivity contribution in [2.24, 2.45) is 5.92 Å². The first-order chi connectivity index (χ1) is 7.26. The van der Waals surface area contributed by atoms with Gasteiger partial charge in [0.25, 0.3) is 0 Å². The minimum Gasteiger partial charge on any atom is -0.444 e. The Balaban J connectivity index is 2.65. The van der Waals surface area contributed by atoms with Crippen LogP contribution in [0.4, 0.5) is 4.79 Å². The highest BCUT2D eigenvalue weighted by Gasteiger charge is 2.41. The van der Waals surface area contributed by atoms with Gasteiger partial charge in [-0.25, -0.2) is 4.79 Å². The first-order valence-corrected chi connectivity index (χ1v) is 6.03. The van der Waals surface area contributed by atoms with Crippen molar-refractivity contribution in [2.45, 2.75) is 45.4 Å². The molecule has 0 spiro atoms. The van der Waals surface area contributed by atoms with Gasteiger partial charge in [-0.15, -0.1) is 11.6 Å². The fraction of sp³-hybridized carbons (Fsp3) is 0.909. The zero-order chi connectivity index (χ0) is 12.5. The van der Waals surface area contributed by atoms with E-state index in [-0.39, 0.29) is 18.1 Å². The molecule has 0 bridgehead atoms. The summed E-state index contributed by atoms with van der Waals surface area (Å²) in [5.41, 5.74) is -0.513. The van der Waals surface area contributed by atoms with Crippen LogP contribution in [-0.4, -0.2) is 46.3 Å². The second kappa shape index (κ2) is 4.80. The van der Waals surface area contributed by atoms with E-state index in [4.69, 9.17) is 16.3 Å². The van der Waals surface area contributed by atoms with Crippen LogP contribution >= 0.6 is 11.6 Å². The van der Waals surface area contributed by atoms with Crippen LogP contribution in [0.3, 0.4) is 0 Å². The Labute approximate surface area is 102 Å². The monoisotopic (exact) mass is 249 g/mol. The Bertz CT molecular complexity index is 264. The molecule has 5 heteroatoms. The van der Waals surface area contributed by atoms with Crippen molar-refractivity contribution in [3.05, 3.63) is 0 Å². The molecule has 1 aliphatic rings. The molecule has 1 amide bonds. The summed E-state index contributed by atoms with van der Waals surface area (Å²) in [5.74, 6) is 0.274. The largest absolute Gasteiger partial charge is 0.444 e. The molecule has 3 atom stereocenters. The molecule has 1 saturated heterocycles. The number of carbonyl (C=O) groups excluding carboxylic acids is 1. The van der Waals surface area contributed by atoms with Gasteiger partial charge in [-0.2, -0.15) is 0 Å². The lowest BCUT2D eigenvalue weighted by molar-refractivity contribution is 0.0215. The molecule has 0 aromatic rings. The second-order valence-corrected chi connectivity index (χ2v) is 5.57. The molecule has 3 unspecified atom stereocenters. The third kappa shape index (κ3) is 3.01. The van der Waals surface area contributed by atoms with E-state index in [0.717, 1.165) is 0 Å².